The third kappa shape index (κ3) is 6.24. The molecule has 1 unspecified atom stereocenters. The van der Waals surface area contributed by atoms with Crippen molar-refractivity contribution in [3.63, 3.8) is 0 Å². The number of halogens is 1. The summed E-state index contributed by atoms with van der Waals surface area (Å²) in [6.45, 7) is 6.69. The molecule has 0 spiro atoms. The van der Waals surface area contributed by atoms with Gasteiger partial charge in [0.05, 0.1) is 6.10 Å². The number of rotatable bonds is 7. The van der Waals surface area contributed by atoms with Crippen LogP contribution in [0.3, 0.4) is 0 Å². The lowest BCUT2D eigenvalue weighted by Crippen LogP contribution is -2.24. The average Bonchev–Trinajstić information content (AvgIpc) is 2.97. The highest BCUT2D eigenvalue weighted by molar-refractivity contribution is 5.85. The molecule has 4 nitrogen and oxygen atoms in total. The van der Waals surface area contributed by atoms with E-state index in [1.807, 2.05) is 38.1 Å². The van der Waals surface area contributed by atoms with E-state index in [2.05, 4.69) is 10.6 Å². The molecule has 22 heavy (non-hydrogen) atoms. The molecule has 0 aliphatic carbocycles. The summed E-state index contributed by atoms with van der Waals surface area (Å²) < 4.78 is 5.76. The van der Waals surface area contributed by atoms with Crippen LogP contribution in [0.2, 0.25) is 0 Å². The van der Waals surface area contributed by atoms with Crippen LogP contribution in [0, 0.1) is 5.92 Å². The van der Waals surface area contributed by atoms with Crippen LogP contribution in [0.4, 0.5) is 0 Å². The van der Waals surface area contributed by atoms with Gasteiger partial charge in [-0.05, 0) is 51.8 Å². The minimum Gasteiger partial charge on any atom is -0.491 e. The van der Waals surface area contributed by atoms with Crippen LogP contribution in [0.25, 0.3) is 0 Å². The molecule has 124 valence electrons. The quantitative estimate of drug-likeness (QED) is 0.810. The number of nitrogens with one attached hydrogen (secondary N) is 2. The summed E-state index contributed by atoms with van der Waals surface area (Å²) in [5, 5.41) is 6.33. The van der Waals surface area contributed by atoms with Gasteiger partial charge in [-0.25, -0.2) is 0 Å². The van der Waals surface area contributed by atoms with Crippen molar-refractivity contribution in [2.75, 3.05) is 13.1 Å². The van der Waals surface area contributed by atoms with E-state index in [4.69, 9.17) is 4.74 Å². The highest BCUT2D eigenvalue weighted by Gasteiger charge is 2.15. The first-order chi connectivity index (χ1) is 10.1. The number of ether oxygens (including phenoxy) is 1. The van der Waals surface area contributed by atoms with Gasteiger partial charge in [0.15, 0.2) is 0 Å². The predicted molar refractivity (Wildman–Crippen MR) is 91.5 cm³/mol. The fourth-order valence-electron chi connectivity index (χ4n) is 2.60. The molecule has 0 aromatic heterocycles. The molecule has 0 bridgehead atoms. The third-order valence-electron chi connectivity index (χ3n) is 3.75. The molecular weight excluding hydrogens is 300 g/mol. The second kappa shape index (κ2) is 9.70. The highest BCUT2D eigenvalue weighted by atomic mass is 35.5. The second-order valence-electron chi connectivity index (χ2n) is 5.95. The molecule has 1 aromatic rings. The Balaban J connectivity index is 0.00000242. The van der Waals surface area contributed by atoms with E-state index in [1.54, 1.807) is 0 Å². The van der Waals surface area contributed by atoms with Gasteiger partial charge >= 0.3 is 0 Å². The number of benzene rings is 1. The molecule has 1 fully saturated rings. The van der Waals surface area contributed by atoms with Crippen molar-refractivity contribution in [3.05, 3.63) is 29.8 Å². The number of amides is 1. The van der Waals surface area contributed by atoms with Crippen LogP contribution in [0.1, 0.15) is 38.7 Å². The topological polar surface area (TPSA) is 50.4 Å². The molecule has 2 rings (SSSR count). The van der Waals surface area contributed by atoms with Crippen molar-refractivity contribution in [1.29, 1.82) is 0 Å². The normalized spacial score (nSPS) is 17.1. The van der Waals surface area contributed by atoms with Crippen LogP contribution >= 0.6 is 12.4 Å². The fraction of sp³-hybridized carbons (Fsp3) is 0.588. The maximum Gasteiger partial charge on any atom is 0.220 e. The number of hydrogen-bond donors (Lipinski definition) is 2. The first-order valence-electron chi connectivity index (χ1n) is 7.87. The minimum atomic E-state index is 0. The van der Waals surface area contributed by atoms with Crippen LogP contribution in [0.15, 0.2) is 24.3 Å². The summed E-state index contributed by atoms with van der Waals surface area (Å²) in [5.74, 6) is 1.64. The van der Waals surface area contributed by atoms with Crippen molar-refractivity contribution < 1.29 is 9.53 Å². The standard InChI is InChI=1S/C17H26N2O2.ClH/c1-13(2)21-16-6-4-3-5-15(16)12-19-17(20)8-7-14-9-10-18-11-14;/h3-6,13-14,18H,7-12H2,1-2H3,(H,19,20);1H. The highest BCUT2D eigenvalue weighted by Crippen LogP contribution is 2.19. The Hall–Kier alpha value is -1.26. The summed E-state index contributed by atoms with van der Waals surface area (Å²) >= 11 is 0. The summed E-state index contributed by atoms with van der Waals surface area (Å²) in [6, 6.07) is 7.87. The smallest absolute Gasteiger partial charge is 0.220 e. The Morgan fingerprint density at radius 3 is 2.86 bits per heavy atom. The zero-order valence-electron chi connectivity index (χ0n) is 13.4. The summed E-state index contributed by atoms with van der Waals surface area (Å²) in [4.78, 5) is 11.9. The zero-order chi connectivity index (χ0) is 15.1. The number of hydrogen-bond acceptors (Lipinski definition) is 3. The van der Waals surface area contributed by atoms with Crippen LogP contribution in [0.5, 0.6) is 5.75 Å². The van der Waals surface area contributed by atoms with E-state index in [-0.39, 0.29) is 24.4 Å². The average molecular weight is 327 g/mol. The first kappa shape index (κ1) is 18.8. The molecule has 1 aromatic carbocycles. The lowest BCUT2D eigenvalue weighted by Gasteiger charge is -2.15. The third-order valence-corrected chi connectivity index (χ3v) is 3.75. The van der Waals surface area contributed by atoms with E-state index in [1.165, 1.54) is 6.42 Å². The molecule has 0 saturated carbocycles. The van der Waals surface area contributed by atoms with E-state index >= 15 is 0 Å². The number of carbonyl (C=O) groups excluding carboxylic acids is 1. The van der Waals surface area contributed by atoms with E-state index in [0.717, 1.165) is 30.8 Å². The Labute approximate surface area is 139 Å². The van der Waals surface area contributed by atoms with Crippen molar-refractivity contribution >= 4 is 18.3 Å². The van der Waals surface area contributed by atoms with Crippen LogP contribution in [-0.4, -0.2) is 25.1 Å². The molecule has 5 heteroatoms. The van der Waals surface area contributed by atoms with Crippen molar-refractivity contribution in [1.82, 2.24) is 10.6 Å². The largest absolute Gasteiger partial charge is 0.491 e. The molecule has 0 radical (unpaired) electrons. The lowest BCUT2D eigenvalue weighted by atomic mass is 10.0. The van der Waals surface area contributed by atoms with Gasteiger partial charge < -0.3 is 15.4 Å². The molecule has 1 aliphatic heterocycles. The fourth-order valence-corrected chi connectivity index (χ4v) is 2.60. The van der Waals surface area contributed by atoms with E-state index < -0.39 is 0 Å². The van der Waals surface area contributed by atoms with Gasteiger partial charge in [0.25, 0.3) is 0 Å². The van der Waals surface area contributed by atoms with Gasteiger partial charge in [0, 0.05) is 18.5 Å². The Morgan fingerprint density at radius 2 is 2.18 bits per heavy atom. The van der Waals surface area contributed by atoms with Crippen LogP contribution in [-0.2, 0) is 11.3 Å². The maximum atomic E-state index is 11.9. The van der Waals surface area contributed by atoms with E-state index in [0.29, 0.717) is 18.9 Å². The second-order valence-corrected chi connectivity index (χ2v) is 5.95. The number of carbonyl (C=O) groups is 1. The molecule has 1 heterocycles. The SMILES string of the molecule is CC(C)Oc1ccccc1CNC(=O)CCC1CCNC1.Cl. The monoisotopic (exact) mass is 326 g/mol. The van der Waals surface area contributed by atoms with Gasteiger partial charge in [0.2, 0.25) is 5.91 Å². The summed E-state index contributed by atoms with van der Waals surface area (Å²) in [6.07, 6.45) is 2.91. The Morgan fingerprint density at radius 1 is 1.41 bits per heavy atom. The zero-order valence-corrected chi connectivity index (χ0v) is 14.2. The van der Waals surface area contributed by atoms with E-state index in [9.17, 15) is 4.79 Å². The van der Waals surface area contributed by atoms with Crippen molar-refractivity contribution in [2.24, 2.45) is 5.92 Å². The van der Waals surface area contributed by atoms with Gasteiger partial charge in [-0.3, -0.25) is 4.79 Å². The van der Waals surface area contributed by atoms with Gasteiger partial charge in [-0.15, -0.1) is 12.4 Å². The Bertz CT molecular complexity index is 460. The lowest BCUT2D eigenvalue weighted by molar-refractivity contribution is -0.121. The maximum absolute atomic E-state index is 11.9. The summed E-state index contributed by atoms with van der Waals surface area (Å²) in [5.41, 5.74) is 1.03. The molecule has 2 N–H and O–H groups in total. The molecule has 1 atom stereocenters. The minimum absolute atomic E-state index is 0. The number of para-hydroxylation sites is 1. The van der Waals surface area contributed by atoms with Gasteiger partial charge in [-0.2, -0.15) is 0 Å². The molecule has 1 saturated heterocycles. The predicted octanol–water partition coefficient (Wildman–Crippen LogP) is 2.90. The van der Waals surface area contributed by atoms with Gasteiger partial charge in [-0.1, -0.05) is 18.2 Å². The summed E-state index contributed by atoms with van der Waals surface area (Å²) in [7, 11) is 0. The van der Waals surface area contributed by atoms with Crippen molar-refractivity contribution in [2.45, 2.75) is 45.8 Å². The van der Waals surface area contributed by atoms with Crippen molar-refractivity contribution in [3.8, 4) is 5.75 Å². The first-order valence-corrected chi connectivity index (χ1v) is 7.87. The molecule has 1 amide bonds. The molecular formula is C17H27ClN2O2. The van der Waals surface area contributed by atoms with Gasteiger partial charge in [0.1, 0.15) is 5.75 Å². The van der Waals surface area contributed by atoms with Crippen LogP contribution < -0.4 is 15.4 Å². The molecule has 1 aliphatic rings. The Kier molecular flexibility index (Phi) is 8.28.